The Labute approximate surface area is 104 Å². The molecular formula is C11H12ClNO2S. The molecule has 0 heterocycles. The number of benzene rings is 1. The smallest absolute Gasteiger partial charge is 0.133 e. The summed E-state index contributed by atoms with van der Waals surface area (Å²) in [6, 6.07) is 7.18. The highest BCUT2D eigenvalue weighted by molar-refractivity contribution is 8.03. The average molecular weight is 258 g/mol. The van der Waals surface area contributed by atoms with Crippen molar-refractivity contribution < 1.29 is 9.47 Å². The molecular weight excluding hydrogens is 246 g/mol. The number of halogens is 1. The number of nitriles is 1. The third-order valence-corrected chi connectivity index (χ3v) is 2.46. The lowest BCUT2D eigenvalue weighted by Crippen LogP contribution is -2.08. The van der Waals surface area contributed by atoms with Gasteiger partial charge in [-0.05, 0) is 36.0 Å². The fraction of sp³-hybridized carbons (Fsp3) is 0.364. The Balaban J connectivity index is 2.03. The summed E-state index contributed by atoms with van der Waals surface area (Å²) in [5.74, 6) is 1.47. The lowest BCUT2D eigenvalue weighted by Gasteiger charge is -2.06. The number of rotatable bonds is 7. The second-order valence-electron chi connectivity index (χ2n) is 2.85. The van der Waals surface area contributed by atoms with Crippen LogP contribution < -0.4 is 4.74 Å². The number of thiocyanates is 1. The summed E-state index contributed by atoms with van der Waals surface area (Å²) in [6.07, 6.45) is 0. The molecule has 0 unspecified atom stereocenters. The maximum atomic E-state index is 8.26. The highest BCUT2D eigenvalue weighted by Crippen LogP contribution is 2.15. The number of hydrogen-bond donors (Lipinski definition) is 0. The highest BCUT2D eigenvalue weighted by atomic mass is 35.5. The topological polar surface area (TPSA) is 42.2 Å². The van der Waals surface area contributed by atoms with Crippen LogP contribution in [0.15, 0.2) is 24.3 Å². The summed E-state index contributed by atoms with van der Waals surface area (Å²) in [4.78, 5) is 0. The second kappa shape index (κ2) is 8.28. The Morgan fingerprint density at radius 2 is 1.94 bits per heavy atom. The van der Waals surface area contributed by atoms with Crippen LogP contribution in [0.2, 0.25) is 5.02 Å². The molecule has 0 N–H and O–H groups in total. The minimum absolute atomic E-state index is 0.499. The van der Waals surface area contributed by atoms with E-state index in [1.54, 1.807) is 12.1 Å². The van der Waals surface area contributed by atoms with Crippen molar-refractivity contribution in [2.45, 2.75) is 0 Å². The van der Waals surface area contributed by atoms with E-state index in [1.807, 2.05) is 17.5 Å². The second-order valence-corrected chi connectivity index (χ2v) is 4.17. The van der Waals surface area contributed by atoms with Gasteiger partial charge in [-0.15, -0.1) is 0 Å². The minimum atomic E-state index is 0.499. The summed E-state index contributed by atoms with van der Waals surface area (Å²) < 4.78 is 10.7. The maximum absolute atomic E-state index is 8.26. The summed E-state index contributed by atoms with van der Waals surface area (Å²) in [5, 5.41) is 10.9. The molecule has 0 spiro atoms. The largest absolute Gasteiger partial charge is 0.491 e. The van der Waals surface area contributed by atoms with Crippen molar-refractivity contribution in [3.05, 3.63) is 29.3 Å². The van der Waals surface area contributed by atoms with E-state index in [4.69, 9.17) is 26.3 Å². The molecule has 0 aliphatic rings. The van der Waals surface area contributed by atoms with Gasteiger partial charge in [0.05, 0.1) is 13.2 Å². The van der Waals surface area contributed by atoms with Gasteiger partial charge in [-0.25, -0.2) is 0 Å². The van der Waals surface area contributed by atoms with Gasteiger partial charge in [0, 0.05) is 10.8 Å². The van der Waals surface area contributed by atoms with Crippen LogP contribution >= 0.6 is 23.4 Å². The fourth-order valence-corrected chi connectivity index (χ4v) is 1.42. The average Bonchev–Trinajstić information content (AvgIpc) is 2.30. The van der Waals surface area contributed by atoms with Gasteiger partial charge in [-0.1, -0.05) is 11.6 Å². The molecule has 16 heavy (non-hydrogen) atoms. The molecule has 1 aromatic rings. The molecule has 3 nitrogen and oxygen atoms in total. The van der Waals surface area contributed by atoms with Crippen molar-refractivity contribution in [1.29, 1.82) is 5.26 Å². The van der Waals surface area contributed by atoms with E-state index in [-0.39, 0.29) is 0 Å². The molecule has 1 aromatic carbocycles. The molecule has 0 fully saturated rings. The predicted octanol–water partition coefficient (Wildman–Crippen LogP) is 2.95. The molecule has 0 saturated heterocycles. The van der Waals surface area contributed by atoms with Crippen LogP contribution in [-0.4, -0.2) is 25.6 Å². The Morgan fingerprint density at radius 1 is 1.19 bits per heavy atom. The normalized spacial score (nSPS) is 9.75. The van der Waals surface area contributed by atoms with Gasteiger partial charge < -0.3 is 9.47 Å². The first-order chi connectivity index (χ1) is 7.83. The van der Waals surface area contributed by atoms with Crippen LogP contribution in [0.3, 0.4) is 0 Å². The first-order valence-corrected chi connectivity index (χ1v) is 6.16. The molecule has 0 aliphatic carbocycles. The first-order valence-electron chi connectivity index (χ1n) is 4.80. The number of nitrogens with zero attached hydrogens (tertiary/aromatic N) is 1. The van der Waals surface area contributed by atoms with Gasteiger partial charge in [-0.3, -0.25) is 0 Å². The van der Waals surface area contributed by atoms with Gasteiger partial charge in [-0.2, -0.15) is 5.26 Å². The van der Waals surface area contributed by atoms with Gasteiger partial charge in [0.15, 0.2) is 0 Å². The minimum Gasteiger partial charge on any atom is -0.491 e. The monoisotopic (exact) mass is 257 g/mol. The summed E-state index contributed by atoms with van der Waals surface area (Å²) >= 11 is 6.92. The Bertz CT molecular complexity index is 337. The van der Waals surface area contributed by atoms with Gasteiger partial charge in [0.1, 0.15) is 17.8 Å². The van der Waals surface area contributed by atoms with Crippen molar-refractivity contribution in [3.63, 3.8) is 0 Å². The van der Waals surface area contributed by atoms with Crippen LogP contribution in [0, 0.1) is 10.7 Å². The van der Waals surface area contributed by atoms with Crippen LogP contribution in [0.1, 0.15) is 0 Å². The standard InChI is InChI=1S/C11H12ClNO2S/c12-10-1-3-11(4-2-10)15-6-5-14-7-8-16-9-13/h1-4H,5-8H2. The van der Waals surface area contributed by atoms with Crippen LogP contribution in [0.25, 0.3) is 0 Å². The molecule has 1 rings (SSSR count). The Kier molecular flexibility index (Phi) is 6.82. The van der Waals surface area contributed by atoms with E-state index in [2.05, 4.69) is 0 Å². The number of thioether (sulfide) groups is 1. The van der Waals surface area contributed by atoms with Gasteiger partial charge in [0.25, 0.3) is 0 Å². The molecule has 0 radical (unpaired) electrons. The van der Waals surface area contributed by atoms with Gasteiger partial charge in [0.2, 0.25) is 0 Å². The molecule has 0 bridgehead atoms. The first kappa shape index (κ1) is 13.2. The Hall–Kier alpha value is -0.890. The highest BCUT2D eigenvalue weighted by Gasteiger charge is 1.94. The molecule has 0 amide bonds. The van der Waals surface area contributed by atoms with Gasteiger partial charge >= 0.3 is 0 Å². The summed E-state index contributed by atoms with van der Waals surface area (Å²) in [6.45, 7) is 1.59. The van der Waals surface area contributed by atoms with E-state index >= 15 is 0 Å². The van der Waals surface area contributed by atoms with E-state index in [1.165, 1.54) is 11.8 Å². The van der Waals surface area contributed by atoms with E-state index in [9.17, 15) is 0 Å². The summed E-state index contributed by atoms with van der Waals surface area (Å²) in [5.41, 5.74) is 0. The quantitative estimate of drug-likeness (QED) is 0.556. The van der Waals surface area contributed by atoms with Crippen LogP contribution in [0.4, 0.5) is 0 Å². The Morgan fingerprint density at radius 3 is 2.62 bits per heavy atom. The maximum Gasteiger partial charge on any atom is 0.133 e. The lowest BCUT2D eigenvalue weighted by molar-refractivity contribution is 0.112. The molecule has 0 atom stereocenters. The lowest BCUT2D eigenvalue weighted by atomic mass is 10.3. The zero-order valence-corrected chi connectivity index (χ0v) is 10.3. The van der Waals surface area contributed by atoms with E-state index in [0.717, 1.165) is 5.75 Å². The molecule has 86 valence electrons. The van der Waals surface area contributed by atoms with Crippen LogP contribution in [0.5, 0.6) is 5.75 Å². The van der Waals surface area contributed by atoms with Crippen molar-refractivity contribution >= 4 is 23.4 Å². The zero-order valence-electron chi connectivity index (χ0n) is 8.69. The fourth-order valence-electron chi connectivity index (χ4n) is 0.998. The van der Waals surface area contributed by atoms with E-state index < -0.39 is 0 Å². The molecule has 0 aliphatic heterocycles. The van der Waals surface area contributed by atoms with Crippen molar-refractivity contribution in [2.75, 3.05) is 25.6 Å². The third-order valence-electron chi connectivity index (χ3n) is 1.70. The predicted molar refractivity (Wildman–Crippen MR) is 65.8 cm³/mol. The molecule has 5 heteroatoms. The molecule has 0 aromatic heterocycles. The van der Waals surface area contributed by atoms with E-state index in [0.29, 0.717) is 30.6 Å². The van der Waals surface area contributed by atoms with Crippen molar-refractivity contribution in [1.82, 2.24) is 0 Å². The number of hydrogen-bond acceptors (Lipinski definition) is 4. The third kappa shape index (κ3) is 5.86. The van der Waals surface area contributed by atoms with Crippen molar-refractivity contribution in [3.8, 4) is 11.2 Å². The number of ether oxygens (including phenoxy) is 2. The summed E-state index contributed by atoms with van der Waals surface area (Å²) in [7, 11) is 0. The van der Waals surface area contributed by atoms with Crippen LogP contribution in [-0.2, 0) is 4.74 Å². The SMILES string of the molecule is N#CSCCOCCOc1ccc(Cl)cc1. The molecule has 0 saturated carbocycles. The zero-order chi connectivity index (χ0) is 11.6. The van der Waals surface area contributed by atoms with Crippen molar-refractivity contribution in [2.24, 2.45) is 0 Å².